The van der Waals surface area contributed by atoms with E-state index in [4.69, 9.17) is 11.6 Å². The predicted molar refractivity (Wildman–Crippen MR) is 50.2 cm³/mol. The molecule has 0 saturated heterocycles. The van der Waals surface area contributed by atoms with E-state index in [9.17, 15) is 9.59 Å². The number of rotatable bonds is 4. The molecule has 0 spiro atoms. The first kappa shape index (κ1) is 10.1. The highest BCUT2D eigenvalue weighted by molar-refractivity contribution is 7.11. The van der Waals surface area contributed by atoms with Gasteiger partial charge in [0.15, 0.2) is 5.01 Å². The quantitative estimate of drug-likeness (QED) is 0.597. The molecule has 0 radical (unpaired) electrons. The number of aromatic nitrogens is 1. The molecule has 0 bridgehead atoms. The number of hydrogen-bond donors (Lipinski definition) is 1. The third kappa shape index (κ3) is 3.12. The highest BCUT2D eigenvalue weighted by Crippen LogP contribution is 2.03. The lowest BCUT2D eigenvalue weighted by Gasteiger charge is -1.98. The largest absolute Gasteiger partial charge is 0.348 e. The van der Waals surface area contributed by atoms with Gasteiger partial charge in [0.1, 0.15) is 5.88 Å². The van der Waals surface area contributed by atoms with Crippen LogP contribution in [0.4, 0.5) is 0 Å². The average molecular weight is 219 g/mol. The van der Waals surface area contributed by atoms with Crippen LogP contribution in [-0.4, -0.2) is 29.1 Å². The molecule has 1 rings (SSSR count). The first-order valence-corrected chi connectivity index (χ1v) is 4.91. The van der Waals surface area contributed by atoms with Crippen LogP contribution in [0, 0.1) is 0 Å². The Morgan fingerprint density at radius 2 is 2.38 bits per heavy atom. The molecule has 1 aromatic heterocycles. The second kappa shape index (κ2) is 4.94. The molecule has 0 atom stereocenters. The minimum atomic E-state index is -0.355. The third-order valence-corrected chi connectivity index (χ3v) is 2.30. The summed E-state index contributed by atoms with van der Waals surface area (Å²) in [7, 11) is 0. The van der Waals surface area contributed by atoms with Gasteiger partial charge in [-0.1, -0.05) is 0 Å². The van der Waals surface area contributed by atoms with Crippen molar-refractivity contribution in [2.24, 2.45) is 0 Å². The summed E-state index contributed by atoms with van der Waals surface area (Å²) in [5.41, 5.74) is 0. The number of thiazole rings is 1. The van der Waals surface area contributed by atoms with Crippen LogP contribution in [-0.2, 0) is 4.79 Å². The molecule has 1 amide bonds. The Hall–Kier alpha value is -0.940. The van der Waals surface area contributed by atoms with Gasteiger partial charge in [0.2, 0.25) is 11.7 Å². The zero-order chi connectivity index (χ0) is 9.68. The van der Waals surface area contributed by atoms with Crippen LogP contribution in [0.3, 0.4) is 0 Å². The maximum atomic E-state index is 11.2. The molecule has 0 fully saturated rings. The fraction of sp³-hybridized carbons (Fsp3) is 0.286. The molecule has 1 heterocycles. The van der Waals surface area contributed by atoms with Crippen LogP contribution in [0.25, 0.3) is 0 Å². The first-order chi connectivity index (χ1) is 6.24. The number of alkyl halides is 1. The van der Waals surface area contributed by atoms with Crippen LogP contribution < -0.4 is 5.32 Å². The summed E-state index contributed by atoms with van der Waals surface area (Å²) < 4.78 is 0. The van der Waals surface area contributed by atoms with Gasteiger partial charge in [0.05, 0.1) is 6.54 Å². The van der Waals surface area contributed by atoms with Gasteiger partial charge in [-0.25, -0.2) is 4.98 Å². The summed E-state index contributed by atoms with van der Waals surface area (Å²) in [6.45, 7) is -0.0426. The van der Waals surface area contributed by atoms with Gasteiger partial charge in [-0.3, -0.25) is 9.59 Å². The lowest BCUT2D eigenvalue weighted by Crippen LogP contribution is -2.30. The second-order valence-corrected chi connectivity index (χ2v) is 3.33. The van der Waals surface area contributed by atoms with Crippen LogP contribution in [0.15, 0.2) is 11.6 Å². The van der Waals surface area contributed by atoms with Crippen molar-refractivity contribution in [1.82, 2.24) is 10.3 Å². The standard InChI is InChI=1S/C7H7ClN2O2S/c8-3-6(12)10-4-5(11)7-9-1-2-13-7/h1-2H,3-4H2,(H,10,12). The van der Waals surface area contributed by atoms with Crippen molar-refractivity contribution in [3.05, 3.63) is 16.6 Å². The van der Waals surface area contributed by atoms with Crippen molar-refractivity contribution in [2.45, 2.75) is 0 Å². The summed E-state index contributed by atoms with van der Waals surface area (Å²) >= 11 is 6.47. The molecule has 6 heteroatoms. The van der Waals surface area contributed by atoms with Crippen molar-refractivity contribution in [1.29, 1.82) is 0 Å². The van der Waals surface area contributed by atoms with Gasteiger partial charge in [-0.05, 0) is 0 Å². The maximum Gasteiger partial charge on any atom is 0.235 e. The van der Waals surface area contributed by atoms with E-state index in [1.807, 2.05) is 0 Å². The summed E-state index contributed by atoms with van der Waals surface area (Å²) in [5, 5.41) is 4.47. The Morgan fingerprint density at radius 3 is 2.92 bits per heavy atom. The minimum Gasteiger partial charge on any atom is -0.348 e. The molecular formula is C7H7ClN2O2S. The molecule has 4 nitrogen and oxygen atoms in total. The van der Waals surface area contributed by atoms with Crippen molar-refractivity contribution in [3.63, 3.8) is 0 Å². The molecule has 0 saturated carbocycles. The molecule has 0 aliphatic carbocycles. The van der Waals surface area contributed by atoms with Crippen LogP contribution >= 0.6 is 22.9 Å². The number of halogens is 1. The number of Topliss-reactive ketones (excluding diaryl/α,β-unsaturated/α-hetero) is 1. The molecule has 1 aromatic rings. The summed E-state index contributed by atoms with van der Waals surface area (Å²) in [4.78, 5) is 25.7. The van der Waals surface area contributed by atoms with E-state index in [1.54, 1.807) is 11.6 Å². The number of ketones is 1. The van der Waals surface area contributed by atoms with Crippen LogP contribution in [0.2, 0.25) is 0 Å². The van der Waals surface area contributed by atoms with E-state index in [-0.39, 0.29) is 24.1 Å². The summed E-state index contributed by atoms with van der Waals surface area (Å²) in [5.74, 6) is -0.689. The Labute approximate surface area is 83.9 Å². The second-order valence-electron chi connectivity index (χ2n) is 2.17. The Balaban J connectivity index is 2.39. The van der Waals surface area contributed by atoms with E-state index < -0.39 is 0 Å². The molecular weight excluding hydrogens is 212 g/mol. The van der Waals surface area contributed by atoms with Gasteiger partial charge in [-0.15, -0.1) is 22.9 Å². The molecule has 0 unspecified atom stereocenters. The van der Waals surface area contributed by atoms with E-state index in [2.05, 4.69) is 10.3 Å². The Kier molecular flexibility index (Phi) is 3.85. The zero-order valence-corrected chi connectivity index (χ0v) is 8.19. The van der Waals surface area contributed by atoms with Crippen molar-refractivity contribution >= 4 is 34.6 Å². The van der Waals surface area contributed by atoms with Crippen molar-refractivity contribution < 1.29 is 9.59 Å². The SMILES string of the molecule is O=C(CCl)NCC(=O)c1nccs1. The van der Waals surface area contributed by atoms with Gasteiger partial charge in [0.25, 0.3) is 0 Å². The van der Waals surface area contributed by atoms with Crippen LogP contribution in [0.5, 0.6) is 0 Å². The zero-order valence-electron chi connectivity index (χ0n) is 6.62. The van der Waals surface area contributed by atoms with E-state index >= 15 is 0 Å². The fourth-order valence-corrected chi connectivity index (χ4v) is 1.33. The number of carbonyl (C=O) groups excluding carboxylic acids is 2. The number of hydrogen-bond acceptors (Lipinski definition) is 4. The molecule has 0 aromatic carbocycles. The van der Waals surface area contributed by atoms with Crippen molar-refractivity contribution in [3.8, 4) is 0 Å². The van der Waals surface area contributed by atoms with Gasteiger partial charge < -0.3 is 5.32 Å². The molecule has 13 heavy (non-hydrogen) atoms. The number of nitrogens with one attached hydrogen (secondary N) is 1. The number of nitrogens with zero attached hydrogens (tertiary/aromatic N) is 1. The normalized spacial score (nSPS) is 9.62. The monoisotopic (exact) mass is 218 g/mol. The topological polar surface area (TPSA) is 59.1 Å². The van der Waals surface area contributed by atoms with Crippen LogP contribution in [0.1, 0.15) is 9.80 Å². The van der Waals surface area contributed by atoms with E-state index in [0.29, 0.717) is 5.01 Å². The predicted octanol–water partition coefficient (Wildman–Crippen LogP) is 0.681. The van der Waals surface area contributed by atoms with Crippen molar-refractivity contribution in [2.75, 3.05) is 12.4 Å². The summed E-state index contributed by atoms with van der Waals surface area (Å²) in [6, 6.07) is 0. The molecule has 70 valence electrons. The molecule has 0 aliphatic rings. The lowest BCUT2D eigenvalue weighted by atomic mass is 10.4. The average Bonchev–Trinajstić information content (AvgIpc) is 2.66. The lowest BCUT2D eigenvalue weighted by molar-refractivity contribution is -0.118. The van der Waals surface area contributed by atoms with Gasteiger partial charge in [0, 0.05) is 11.6 Å². The smallest absolute Gasteiger partial charge is 0.235 e. The first-order valence-electron chi connectivity index (χ1n) is 3.49. The number of carbonyl (C=O) groups is 2. The third-order valence-electron chi connectivity index (χ3n) is 1.24. The molecule has 1 N–H and O–H groups in total. The fourth-order valence-electron chi connectivity index (χ4n) is 0.663. The van der Waals surface area contributed by atoms with Gasteiger partial charge in [-0.2, -0.15) is 0 Å². The van der Waals surface area contributed by atoms with E-state index in [0.717, 1.165) is 0 Å². The highest BCUT2D eigenvalue weighted by atomic mass is 35.5. The number of amides is 1. The minimum absolute atomic E-state index is 0.0426. The van der Waals surface area contributed by atoms with E-state index in [1.165, 1.54) is 11.3 Å². The maximum absolute atomic E-state index is 11.2. The summed E-state index contributed by atoms with van der Waals surface area (Å²) in [6.07, 6.45) is 1.54. The Morgan fingerprint density at radius 1 is 1.62 bits per heavy atom. The van der Waals surface area contributed by atoms with Gasteiger partial charge >= 0.3 is 0 Å². The Bertz CT molecular complexity index is 299. The highest BCUT2D eigenvalue weighted by Gasteiger charge is 2.09. The molecule has 0 aliphatic heterocycles.